The van der Waals surface area contributed by atoms with Crippen LogP contribution in [0.4, 0.5) is 0 Å². The number of nitrogens with zero attached hydrogens (tertiary/aromatic N) is 1. The third kappa shape index (κ3) is 4.28. The van der Waals surface area contributed by atoms with Gasteiger partial charge in [-0.3, -0.25) is 4.98 Å². The van der Waals surface area contributed by atoms with Crippen molar-refractivity contribution >= 4 is 13.3 Å². The van der Waals surface area contributed by atoms with Crippen LogP contribution in [-0.4, -0.2) is 13.1 Å². The third-order valence-corrected chi connectivity index (χ3v) is 7.88. The number of pyridine rings is 1. The van der Waals surface area contributed by atoms with Crippen LogP contribution in [0.1, 0.15) is 37.8 Å². The molecule has 0 amide bonds. The first-order chi connectivity index (χ1) is 13.2. The van der Waals surface area contributed by atoms with E-state index in [2.05, 4.69) is 108 Å². The average Bonchev–Trinajstić information content (AvgIpc) is 2.66. The predicted molar refractivity (Wildman–Crippen MR) is 126 cm³/mol. The summed E-state index contributed by atoms with van der Waals surface area (Å²) < 4.78 is 0. The fourth-order valence-electron chi connectivity index (χ4n) is 3.76. The summed E-state index contributed by atoms with van der Waals surface area (Å²) in [6.07, 6.45) is 2.16. The Balaban J connectivity index is 2.07. The molecule has 0 aliphatic carbocycles. The largest absolute Gasteiger partial charge is 0.256 e. The van der Waals surface area contributed by atoms with E-state index in [1.54, 1.807) is 0 Å². The number of hydrogen-bond acceptors (Lipinski definition) is 1. The van der Waals surface area contributed by atoms with Gasteiger partial charge in [-0.1, -0.05) is 82.9 Å². The van der Waals surface area contributed by atoms with Gasteiger partial charge in [-0.25, -0.2) is 0 Å². The quantitative estimate of drug-likeness (QED) is 0.428. The summed E-state index contributed by atoms with van der Waals surface area (Å²) in [5.74, 6) is 1.15. The maximum atomic E-state index is 4.90. The lowest BCUT2D eigenvalue weighted by Crippen LogP contribution is -2.41. The van der Waals surface area contributed by atoms with Gasteiger partial charge in [0, 0.05) is 11.8 Å². The predicted octanol–water partition coefficient (Wildman–Crippen LogP) is 7.03. The van der Waals surface area contributed by atoms with Crippen molar-refractivity contribution < 1.29 is 0 Å². The molecule has 2 aromatic carbocycles. The zero-order valence-electron chi connectivity index (χ0n) is 18.4. The lowest BCUT2D eigenvalue weighted by molar-refractivity contribution is 0.537. The van der Waals surface area contributed by atoms with Gasteiger partial charge >= 0.3 is 0 Å². The second-order valence-corrected chi connectivity index (χ2v) is 14.4. The molecule has 2 heteroatoms. The Kier molecular flexibility index (Phi) is 5.90. The second-order valence-electron chi connectivity index (χ2n) is 9.34. The van der Waals surface area contributed by atoms with Crippen molar-refractivity contribution in [2.75, 3.05) is 0 Å². The van der Waals surface area contributed by atoms with Crippen molar-refractivity contribution in [2.45, 2.75) is 53.3 Å². The molecule has 3 rings (SSSR count). The molecule has 146 valence electrons. The summed E-state index contributed by atoms with van der Waals surface area (Å²) in [6, 6.07) is 19.7. The van der Waals surface area contributed by atoms with E-state index in [1.807, 2.05) is 0 Å². The van der Waals surface area contributed by atoms with Gasteiger partial charge in [0.15, 0.2) is 0 Å². The lowest BCUT2D eigenvalue weighted by Gasteiger charge is -2.26. The molecular weight excluding hydrogens is 354 g/mol. The Morgan fingerprint density at radius 3 is 2.07 bits per heavy atom. The number of benzene rings is 2. The number of hydrogen-bond donors (Lipinski definition) is 0. The van der Waals surface area contributed by atoms with Crippen molar-refractivity contribution in [3.05, 3.63) is 71.9 Å². The van der Waals surface area contributed by atoms with Crippen LogP contribution in [0.15, 0.2) is 60.8 Å². The Labute approximate surface area is 171 Å². The van der Waals surface area contributed by atoms with E-state index in [-0.39, 0.29) is 0 Å². The van der Waals surface area contributed by atoms with E-state index < -0.39 is 8.07 Å². The molecule has 3 aromatic rings. The molecule has 1 aromatic heterocycles. The highest BCUT2D eigenvalue weighted by Gasteiger charge is 2.25. The van der Waals surface area contributed by atoms with Crippen LogP contribution in [0.25, 0.3) is 22.4 Å². The molecular formula is C26H33NSi. The van der Waals surface area contributed by atoms with Gasteiger partial charge in [-0.15, -0.1) is 0 Å². The lowest BCUT2D eigenvalue weighted by atomic mass is 9.89. The van der Waals surface area contributed by atoms with Crippen LogP contribution in [0.5, 0.6) is 0 Å². The fraction of sp³-hybridized carbons (Fsp3) is 0.346. The topological polar surface area (TPSA) is 12.9 Å². The molecule has 0 N–H and O–H groups in total. The first-order valence-electron chi connectivity index (χ1n) is 10.4. The summed E-state index contributed by atoms with van der Waals surface area (Å²) in [5, 5.41) is 1.50. The van der Waals surface area contributed by atoms with Gasteiger partial charge in [0.25, 0.3) is 0 Å². The Morgan fingerprint density at radius 1 is 0.821 bits per heavy atom. The van der Waals surface area contributed by atoms with Crippen molar-refractivity contribution in [3.8, 4) is 22.4 Å². The standard InChI is InChI=1S/C26H33NSi/c1-18(2)20(4)24-16-25(27-17-26(24)28(5,6)7)22-13-14-23(19(3)15-22)21-11-9-8-10-12-21/h8-18,20H,1-7H3. The van der Waals surface area contributed by atoms with Crippen molar-refractivity contribution in [1.82, 2.24) is 4.98 Å². The highest BCUT2D eigenvalue weighted by atomic mass is 28.3. The number of rotatable bonds is 5. The molecule has 0 aliphatic heterocycles. The van der Waals surface area contributed by atoms with Gasteiger partial charge in [-0.2, -0.15) is 0 Å². The smallest absolute Gasteiger partial charge is 0.0799 e. The van der Waals surface area contributed by atoms with Crippen LogP contribution in [0, 0.1) is 12.8 Å². The Morgan fingerprint density at radius 2 is 1.50 bits per heavy atom. The van der Waals surface area contributed by atoms with Crippen LogP contribution in [0.3, 0.4) is 0 Å². The first kappa shape index (κ1) is 20.5. The minimum absolute atomic E-state index is 0.535. The normalized spacial score (nSPS) is 13.0. The van der Waals surface area contributed by atoms with Crippen LogP contribution >= 0.6 is 0 Å². The molecule has 0 spiro atoms. The minimum atomic E-state index is -1.44. The maximum Gasteiger partial charge on any atom is 0.0799 e. The van der Waals surface area contributed by atoms with E-state index in [9.17, 15) is 0 Å². The molecule has 0 bridgehead atoms. The molecule has 1 heterocycles. The molecule has 0 radical (unpaired) electrons. The minimum Gasteiger partial charge on any atom is -0.256 e. The highest BCUT2D eigenvalue weighted by Crippen LogP contribution is 2.30. The van der Waals surface area contributed by atoms with Crippen LogP contribution in [-0.2, 0) is 0 Å². The Bertz CT molecular complexity index is 952. The number of aromatic nitrogens is 1. The number of aryl methyl sites for hydroxylation is 1. The Hall–Kier alpha value is -2.19. The summed E-state index contributed by atoms with van der Waals surface area (Å²) >= 11 is 0. The van der Waals surface area contributed by atoms with Crippen molar-refractivity contribution in [1.29, 1.82) is 0 Å². The first-order valence-corrected chi connectivity index (χ1v) is 13.9. The highest BCUT2D eigenvalue weighted by molar-refractivity contribution is 6.89. The van der Waals surface area contributed by atoms with E-state index in [1.165, 1.54) is 33.0 Å². The molecule has 28 heavy (non-hydrogen) atoms. The van der Waals surface area contributed by atoms with E-state index in [0.29, 0.717) is 11.8 Å². The van der Waals surface area contributed by atoms with Crippen molar-refractivity contribution in [3.63, 3.8) is 0 Å². The second kappa shape index (κ2) is 8.04. The molecule has 1 nitrogen and oxygen atoms in total. The molecule has 1 atom stereocenters. The summed E-state index contributed by atoms with van der Waals surface area (Å²) in [6.45, 7) is 16.4. The fourth-order valence-corrected chi connectivity index (χ4v) is 5.37. The monoisotopic (exact) mass is 387 g/mol. The van der Waals surface area contributed by atoms with Crippen LogP contribution < -0.4 is 5.19 Å². The van der Waals surface area contributed by atoms with Gasteiger partial charge in [0.2, 0.25) is 0 Å². The maximum absolute atomic E-state index is 4.90. The van der Waals surface area contributed by atoms with Crippen molar-refractivity contribution in [2.24, 2.45) is 5.92 Å². The van der Waals surface area contributed by atoms with Gasteiger partial charge in [0.05, 0.1) is 13.8 Å². The van der Waals surface area contributed by atoms with Gasteiger partial charge < -0.3 is 0 Å². The summed E-state index contributed by atoms with van der Waals surface area (Å²) in [5.41, 5.74) is 7.63. The molecule has 0 saturated heterocycles. The summed E-state index contributed by atoms with van der Waals surface area (Å²) in [7, 11) is -1.44. The van der Waals surface area contributed by atoms with Gasteiger partial charge in [-0.05, 0) is 58.3 Å². The molecule has 1 unspecified atom stereocenters. The van der Waals surface area contributed by atoms with Gasteiger partial charge in [0.1, 0.15) is 0 Å². The zero-order chi connectivity index (χ0) is 20.5. The van der Waals surface area contributed by atoms with E-state index in [4.69, 9.17) is 4.98 Å². The average molecular weight is 388 g/mol. The summed E-state index contributed by atoms with van der Waals surface area (Å²) in [4.78, 5) is 4.90. The molecule has 0 fully saturated rings. The zero-order valence-corrected chi connectivity index (χ0v) is 19.4. The molecule has 0 aliphatic rings. The van der Waals surface area contributed by atoms with Crippen LogP contribution in [0.2, 0.25) is 19.6 Å². The van der Waals surface area contributed by atoms with E-state index in [0.717, 1.165) is 5.69 Å². The molecule has 0 saturated carbocycles. The third-order valence-electron chi connectivity index (χ3n) is 5.84. The van der Waals surface area contributed by atoms with E-state index >= 15 is 0 Å². The SMILES string of the molecule is Cc1cc(-c2cc(C(C)C(C)C)c([Si](C)(C)C)cn2)ccc1-c1ccccc1.